The number of ether oxygens (including phenoxy) is 1. The van der Waals surface area contributed by atoms with E-state index in [0.717, 1.165) is 15.4 Å². The quantitative estimate of drug-likeness (QED) is 0.341. The number of hydrogen-bond donors (Lipinski definition) is 0. The van der Waals surface area contributed by atoms with Crippen molar-refractivity contribution < 1.29 is 23.9 Å². The second-order valence-corrected chi connectivity index (χ2v) is 11.6. The molecular weight excluding hydrogens is 539 g/mol. The van der Waals surface area contributed by atoms with Gasteiger partial charge < -0.3 is 4.74 Å². The molecule has 1 saturated heterocycles. The molecule has 0 aliphatic carbocycles. The highest BCUT2D eigenvalue weighted by atomic mass is 35.5. The summed E-state index contributed by atoms with van der Waals surface area (Å²) in [5.74, 6) is -2.85. The lowest BCUT2D eigenvalue weighted by molar-refractivity contribution is -0.130. The Morgan fingerprint density at radius 2 is 1.64 bits per heavy atom. The predicted octanol–water partition coefficient (Wildman–Crippen LogP) is 6.45. The maximum absolute atomic E-state index is 14.6. The van der Waals surface area contributed by atoms with E-state index in [1.54, 1.807) is 69.3 Å². The third kappa shape index (κ3) is 4.30. The molecular formula is C30H26Cl2N2O5. The number of anilines is 2. The third-order valence-electron chi connectivity index (χ3n) is 6.99. The van der Waals surface area contributed by atoms with E-state index in [-0.39, 0.29) is 22.2 Å². The number of nitrogens with zero attached hydrogens (tertiary/aromatic N) is 2. The largest absolute Gasteiger partial charge is 0.443 e. The van der Waals surface area contributed by atoms with Crippen LogP contribution in [-0.2, 0) is 24.5 Å². The summed E-state index contributed by atoms with van der Waals surface area (Å²) in [6.07, 6.45) is -1.11. The minimum Gasteiger partial charge on any atom is -0.443 e. The van der Waals surface area contributed by atoms with Crippen LogP contribution in [0.4, 0.5) is 16.2 Å². The molecule has 9 heteroatoms. The van der Waals surface area contributed by atoms with Crippen LogP contribution in [-0.4, -0.2) is 29.4 Å². The van der Waals surface area contributed by atoms with Gasteiger partial charge in [0.25, 0.3) is 5.91 Å². The molecule has 5 rings (SSSR count). The third-order valence-corrected chi connectivity index (χ3v) is 7.73. The van der Waals surface area contributed by atoms with Crippen LogP contribution < -0.4 is 9.80 Å². The van der Waals surface area contributed by atoms with Gasteiger partial charge >= 0.3 is 6.09 Å². The zero-order chi connectivity index (χ0) is 28.3. The molecule has 200 valence electrons. The van der Waals surface area contributed by atoms with Crippen LogP contribution in [0.3, 0.4) is 0 Å². The zero-order valence-electron chi connectivity index (χ0n) is 21.8. The van der Waals surface area contributed by atoms with E-state index in [1.165, 1.54) is 18.2 Å². The summed E-state index contributed by atoms with van der Waals surface area (Å²) in [5, 5.41) is 0.463. The zero-order valence-corrected chi connectivity index (χ0v) is 23.3. The molecule has 2 heterocycles. The lowest BCUT2D eigenvalue weighted by Crippen LogP contribution is -2.51. The standard InChI is InChI=1S/C30H26Cl2N2O5/c1-17-10-13-24-20(14-17)30(18-8-6-5-7-9-18,27(37)34(24)28(38)39-29(2,3)4)21-16-25(35)33(26(21)36)19-11-12-22(31)23(32)15-19/h5-15,21H,16H2,1-4H3/t21-,30?/m1/s1. The number of imide groups is 2. The normalized spacial score (nSPS) is 21.0. The fourth-order valence-electron chi connectivity index (χ4n) is 5.43. The van der Waals surface area contributed by atoms with Crippen molar-refractivity contribution in [1.82, 2.24) is 0 Å². The van der Waals surface area contributed by atoms with Crippen molar-refractivity contribution in [2.75, 3.05) is 9.80 Å². The molecule has 39 heavy (non-hydrogen) atoms. The summed E-state index contributed by atoms with van der Waals surface area (Å²) in [5.41, 5.74) is -0.171. The lowest BCUT2D eigenvalue weighted by atomic mass is 9.65. The topological polar surface area (TPSA) is 84.0 Å². The minimum atomic E-state index is -1.66. The van der Waals surface area contributed by atoms with Gasteiger partial charge in [0.2, 0.25) is 11.8 Å². The Labute approximate surface area is 236 Å². The highest BCUT2D eigenvalue weighted by molar-refractivity contribution is 6.42. The second-order valence-electron chi connectivity index (χ2n) is 10.7. The van der Waals surface area contributed by atoms with E-state index in [4.69, 9.17) is 27.9 Å². The van der Waals surface area contributed by atoms with E-state index in [2.05, 4.69) is 0 Å². The number of hydrogen-bond acceptors (Lipinski definition) is 5. The monoisotopic (exact) mass is 564 g/mol. The number of rotatable bonds is 3. The highest BCUT2D eigenvalue weighted by Gasteiger charge is 2.64. The van der Waals surface area contributed by atoms with Crippen LogP contribution >= 0.6 is 23.2 Å². The van der Waals surface area contributed by atoms with Crippen LogP contribution in [0.2, 0.25) is 10.0 Å². The Balaban J connectivity index is 1.73. The first-order chi connectivity index (χ1) is 18.4. The summed E-state index contributed by atoms with van der Waals surface area (Å²) >= 11 is 12.3. The molecule has 3 aromatic rings. The maximum Gasteiger partial charge on any atom is 0.421 e. The Morgan fingerprint density at radius 1 is 0.949 bits per heavy atom. The molecule has 0 aromatic heterocycles. The molecule has 0 bridgehead atoms. The predicted molar refractivity (Wildman–Crippen MR) is 149 cm³/mol. The number of amides is 4. The van der Waals surface area contributed by atoms with Crippen molar-refractivity contribution in [1.29, 1.82) is 0 Å². The van der Waals surface area contributed by atoms with Crippen LogP contribution in [0.15, 0.2) is 66.7 Å². The van der Waals surface area contributed by atoms with Crippen LogP contribution in [0.25, 0.3) is 0 Å². The first-order valence-corrected chi connectivity index (χ1v) is 13.2. The summed E-state index contributed by atoms with van der Waals surface area (Å²) in [4.78, 5) is 57.7. The number of fused-ring (bicyclic) bond motifs is 1. The van der Waals surface area contributed by atoms with Crippen molar-refractivity contribution in [2.24, 2.45) is 5.92 Å². The molecule has 0 N–H and O–H groups in total. The van der Waals surface area contributed by atoms with Gasteiger partial charge in [-0.1, -0.05) is 71.2 Å². The van der Waals surface area contributed by atoms with E-state index in [9.17, 15) is 19.2 Å². The Morgan fingerprint density at radius 3 is 2.28 bits per heavy atom. The smallest absolute Gasteiger partial charge is 0.421 e. The Bertz CT molecular complexity index is 1530. The average Bonchev–Trinajstić information content (AvgIpc) is 3.30. The van der Waals surface area contributed by atoms with Crippen molar-refractivity contribution in [2.45, 2.75) is 45.1 Å². The molecule has 3 aromatic carbocycles. The van der Waals surface area contributed by atoms with Gasteiger partial charge in [-0.15, -0.1) is 0 Å². The van der Waals surface area contributed by atoms with Crippen LogP contribution in [0, 0.1) is 12.8 Å². The summed E-state index contributed by atoms with van der Waals surface area (Å²) in [7, 11) is 0. The summed E-state index contributed by atoms with van der Waals surface area (Å²) in [6, 6.07) is 18.5. The number of halogens is 2. The number of carbonyl (C=O) groups is 4. The lowest BCUT2D eigenvalue weighted by Gasteiger charge is -2.34. The molecule has 2 atom stereocenters. The van der Waals surface area contributed by atoms with Crippen molar-refractivity contribution in [3.63, 3.8) is 0 Å². The van der Waals surface area contributed by atoms with Gasteiger partial charge in [0, 0.05) is 6.42 Å². The van der Waals surface area contributed by atoms with Gasteiger partial charge in [-0.3, -0.25) is 19.3 Å². The highest BCUT2D eigenvalue weighted by Crippen LogP contribution is 2.54. The average molecular weight is 565 g/mol. The van der Waals surface area contributed by atoms with Gasteiger partial charge in [0.05, 0.1) is 27.3 Å². The Hall–Kier alpha value is -3.68. The summed E-state index contributed by atoms with van der Waals surface area (Å²) < 4.78 is 5.61. The molecule has 2 aliphatic rings. The minimum absolute atomic E-state index is 0.185. The summed E-state index contributed by atoms with van der Waals surface area (Å²) in [6.45, 7) is 6.99. The second kappa shape index (κ2) is 9.50. The van der Waals surface area contributed by atoms with Crippen molar-refractivity contribution in [3.05, 3.63) is 93.5 Å². The number of carbonyl (C=O) groups excluding carboxylic acids is 4. The molecule has 0 spiro atoms. The van der Waals surface area contributed by atoms with Crippen LogP contribution in [0.5, 0.6) is 0 Å². The van der Waals surface area contributed by atoms with Gasteiger partial charge in [-0.2, -0.15) is 0 Å². The first kappa shape index (κ1) is 26.9. The molecule has 7 nitrogen and oxygen atoms in total. The molecule has 1 fully saturated rings. The number of aryl methyl sites for hydroxylation is 1. The fraction of sp³-hybridized carbons (Fsp3) is 0.267. The van der Waals surface area contributed by atoms with E-state index in [0.29, 0.717) is 16.8 Å². The molecule has 1 unspecified atom stereocenters. The molecule has 0 saturated carbocycles. The van der Waals surface area contributed by atoms with Crippen LogP contribution in [0.1, 0.15) is 43.9 Å². The van der Waals surface area contributed by atoms with E-state index in [1.807, 2.05) is 6.92 Å². The van der Waals surface area contributed by atoms with Gasteiger partial charge in [-0.05, 0) is 63.1 Å². The van der Waals surface area contributed by atoms with Gasteiger partial charge in [0.15, 0.2) is 0 Å². The van der Waals surface area contributed by atoms with Crippen molar-refractivity contribution >= 4 is 58.4 Å². The van der Waals surface area contributed by atoms with Gasteiger partial charge in [-0.25, -0.2) is 9.69 Å². The molecule has 0 radical (unpaired) electrons. The maximum atomic E-state index is 14.6. The number of benzene rings is 3. The fourth-order valence-corrected chi connectivity index (χ4v) is 5.73. The SMILES string of the molecule is Cc1ccc2c(c1)C(c1ccccc1)([C@@H]1CC(=O)N(c3ccc(Cl)c(Cl)c3)C1=O)C(=O)N2C(=O)OC(C)(C)C. The van der Waals surface area contributed by atoms with E-state index < -0.39 is 40.7 Å². The molecule has 4 amide bonds. The van der Waals surface area contributed by atoms with Gasteiger partial charge in [0.1, 0.15) is 11.0 Å². The van der Waals surface area contributed by atoms with E-state index >= 15 is 0 Å². The molecule has 2 aliphatic heterocycles. The first-order valence-electron chi connectivity index (χ1n) is 12.4. The Kier molecular flexibility index (Phi) is 6.56. The van der Waals surface area contributed by atoms with Crippen molar-refractivity contribution in [3.8, 4) is 0 Å².